The molecule has 0 amide bonds. The maximum atomic E-state index is 11.3. The lowest BCUT2D eigenvalue weighted by Gasteiger charge is -2.22. The molecule has 0 aliphatic carbocycles. The first kappa shape index (κ1) is 13.0. The van der Waals surface area contributed by atoms with Crippen LogP contribution >= 0.6 is 0 Å². The SMILES string of the molecule is CCN(CCC#N)c1ccc(C(C)=O)c(N)c1. The van der Waals surface area contributed by atoms with Gasteiger partial charge in [0.2, 0.25) is 0 Å². The first-order valence-electron chi connectivity index (χ1n) is 5.62. The number of ketones is 1. The molecule has 1 aromatic carbocycles. The Morgan fingerprint density at radius 3 is 2.71 bits per heavy atom. The molecule has 0 spiro atoms. The molecule has 90 valence electrons. The number of nitrogen functional groups attached to an aromatic ring is 1. The normalized spacial score (nSPS) is 9.71. The highest BCUT2D eigenvalue weighted by Gasteiger charge is 2.09. The second-order valence-corrected chi connectivity index (χ2v) is 3.82. The van der Waals surface area contributed by atoms with Gasteiger partial charge in [-0.3, -0.25) is 4.79 Å². The van der Waals surface area contributed by atoms with Crippen LogP contribution in [0.5, 0.6) is 0 Å². The summed E-state index contributed by atoms with van der Waals surface area (Å²) in [5.74, 6) is -0.0332. The third kappa shape index (κ3) is 3.22. The van der Waals surface area contributed by atoms with Gasteiger partial charge in [0.05, 0.1) is 12.5 Å². The van der Waals surface area contributed by atoms with E-state index in [2.05, 4.69) is 11.0 Å². The van der Waals surface area contributed by atoms with Crippen molar-refractivity contribution < 1.29 is 4.79 Å². The summed E-state index contributed by atoms with van der Waals surface area (Å²) in [6.45, 7) is 5.00. The van der Waals surface area contributed by atoms with Gasteiger partial charge in [-0.05, 0) is 32.0 Å². The zero-order valence-electron chi connectivity index (χ0n) is 10.2. The van der Waals surface area contributed by atoms with Crippen LogP contribution in [-0.4, -0.2) is 18.9 Å². The summed E-state index contributed by atoms with van der Waals surface area (Å²) in [5, 5.41) is 8.58. The van der Waals surface area contributed by atoms with E-state index in [0.29, 0.717) is 24.2 Å². The van der Waals surface area contributed by atoms with Gasteiger partial charge >= 0.3 is 0 Å². The van der Waals surface area contributed by atoms with E-state index < -0.39 is 0 Å². The van der Waals surface area contributed by atoms with Crippen LogP contribution in [0.2, 0.25) is 0 Å². The number of hydrogen-bond acceptors (Lipinski definition) is 4. The number of anilines is 2. The Morgan fingerprint density at radius 2 is 2.24 bits per heavy atom. The highest BCUT2D eigenvalue weighted by atomic mass is 16.1. The van der Waals surface area contributed by atoms with Crippen LogP contribution in [0.25, 0.3) is 0 Å². The van der Waals surface area contributed by atoms with E-state index >= 15 is 0 Å². The van der Waals surface area contributed by atoms with Crippen molar-refractivity contribution in [2.45, 2.75) is 20.3 Å². The van der Waals surface area contributed by atoms with Crippen molar-refractivity contribution in [3.63, 3.8) is 0 Å². The number of rotatable bonds is 5. The zero-order valence-corrected chi connectivity index (χ0v) is 10.2. The van der Waals surface area contributed by atoms with Crippen LogP contribution in [-0.2, 0) is 0 Å². The predicted molar refractivity (Wildman–Crippen MR) is 69.0 cm³/mol. The average Bonchev–Trinajstić information content (AvgIpc) is 2.29. The Hall–Kier alpha value is -2.02. The standard InChI is InChI=1S/C13H17N3O/c1-3-16(8-4-7-14)11-5-6-12(10(2)17)13(15)9-11/h5-6,9H,3-4,8,15H2,1-2H3. The molecule has 0 fully saturated rings. The van der Waals surface area contributed by atoms with Crippen LogP contribution in [0.1, 0.15) is 30.6 Å². The second-order valence-electron chi connectivity index (χ2n) is 3.82. The molecule has 0 radical (unpaired) electrons. The minimum atomic E-state index is -0.0332. The van der Waals surface area contributed by atoms with Gasteiger partial charge in [-0.15, -0.1) is 0 Å². The molecule has 17 heavy (non-hydrogen) atoms. The number of carbonyl (C=O) groups is 1. The van der Waals surface area contributed by atoms with Crippen molar-refractivity contribution >= 4 is 17.2 Å². The number of carbonyl (C=O) groups excluding carboxylic acids is 1. The molecule has 4 nitrogen and oxygen atoms in total. The predicted octanol–water partition coefficient (Wildman–Crippen LogP) is 2.21. The minimum Gasteiger partial charge on any atom is -0.398 e. The van der Waals surface area contributed by atoms with E-state index in [0.717, 1.165) is 12.2 Å². The molecule has 0 atom stereocenters. The van der Waals surface area contributed by atoms with E-state index in [1.165, 1.54) is 6.92 Å². The van der Waals surface area contributed by atoms with Gasteiger partial charge < -0.3 is 10.6 Å². The first-order valence-corrected chi connectivity index (χ1v) is 5.62. The summed E-state index contributed by atoms with van der Waals surface area (Å²) >= 11 is 0. The van der Waals surface area contributed by atoms with Crippen LogP contribution < -0.4 is 10.6 Å². The summed E-state index contributed by atoms with van der Waals surface area (Å²) in [6.07, 6.45) is 0.474. The molecular formula is C13H17N3O. The first-order chi connectivity index (χ1) is 8.10. The third-order valence-electron chi connectivity index (χ3n) is 2.65. The van der Waals surface area contributed by atoms with Crippen LogP contribution in [0.15, 0.2) is 18.2 Å². The van der Waals surface area contributed by atoms with Gasteiger partial charge in [0, 0.05) is 30.0 Å². The maximum absolute atomic E-state index is 11.3. The molecule has 2 N–H and O–H groups in total. The Morgan fingerprint density at radius 1 is 1.53 bits per heavy atom. The minimum absolute atomic E-state index is 0.0332. The molecule has 0 bridgehead atoms. The summed E-state index contributed by atoms with van der Waals surface area (Å²) in [6, 6.07) is 7.52. The molecular weight excluding hydrogens is 214 g/mol. The van der Waals surface area contributed by atoms with E-state index in [4.69, 9.17) is 11.0 Å². The highest BCUT2D eigenvalue weighted by molar-refractivity contribution is 5.99. The fourth-order valence-corrected chi connectivity index (χ4v) is 1.72. The molecule has 0 saturated heterocycles. The number of nitrogens with zero attached hydrogens (tertiary/aromatic N) is 2. The van der Waals surface area contributed by atoms with Crippen molar-refractivity contribution in [3.8, 4) is 6.07 Å². The van der Waals surface area contributed by atoms with E-state index in [9.17, 15) is 4.79 Å². The van der Waals surface area contributed by atoms with Crippen molar-refractivity contribution in [3.05, 3.63) is 23.8 Å². The average molecular weight is 231 g/mol. The maximum Gasteiger partial charge on any atom is 0.161 e. The monoisotopic (exact) mass is 231 g/mol. The zero-order chi connectivity index (χ0) is 12.8. The lowest BCUT2D eigenvalue weighted by molar-refractivity contribution is 0.101. The molecule has 1 aromatic rings. The van der Waals surface area contributed by atoms with Crippen molar-refractivity contribution in [1.82, 2.24) is 0 Å². The number of nitriles is 1. The van der Waals surface area contributed by atoms with Gasteiger partial charge in [0.25, 0.3) is 0 Å². The molecule has 4 heteroatoms. The number of nitrogens with two attached hydrogens (primary N) is 1. The third-order valence-corrected chi connectivity index (χ3v) is 2.65. The van der Waals surface area contributed by atoms with Crippen LogP contribution in [0, 0.1) is 11.3 Å². The number of hydrogen-bond donors (Lipinski definition) is 1. The Kier molecular flexibility index (Phi) is 4.53. The molecule has 0 heterocycles. The molecule has 0 aromatic heterocycles. The molecule has 0 unspecified atom stereocenters. The van der Waals surface area contributed by atoms with E-state index in [1.54, 1.807) is 12.1 Å². The lowest BCUT2D eigenvalue weighted by atomic mass is 10.1. The van der Waals surface area contributed by atoms with Crippen molar-refractivity contribution in [2.24, 2.45) is 0 Å². The van der Waals surface area contributed by atoms with E-state index in [-0.39, 0.29) is 5.78 Å². The summed E-state index contributed by atoms with van der Waals surface area (Å²) in [7, 11) is 0. The van der Waals surface area contributed by atoms with Gasteiger partial charge in [0.1, 0.15) is 0 Å². The largest absolute Gasteiger partial charge is 0.398 e. The Labute approximate surface area is 102 Å². The quantitative estimate of drug-likeness (QED) is 0.623. The molecule has 1 rings (SSSR count). The molecule has 0 aliphatic rings. The van der Waals surface area contributed by atoms with Gasteiger partial charge in [0.15, 0.2) is 5.78 Å². The van der Waals surface area contributed by atoms with E-state index in [1.807, 2.05) is 13.0 Å². The molecule has 0 aliphatic heterocycles. The van der Waals surface area contributed by atoms with Crippen molar-refractivity contribution in [2.75, 3.05) is 23.7 Å². The summed E-state index contributed by atoms with van der Waals surface area (Å²) in [4.78, 5) is 13.3. The number of Topliss-reactive ketones (excluding diaryl/α,β-unsaturated/α-hetero) is 1. The second kappa shape index (κ2) is 5.90. The summed E-state index contributed by atoms with van der Waals surface area (Å²) in [5.41, 5.74) is 7.82. The Bertz CT molecular complexity index is 448. The van der Waals surface area contributed by atoms with Gasteiger partial charge in [-0.1, -0.05) is 0 Å². The van der Waals surface area contributed by atoms with Crippen molar-refractivity contribution in [1.29, 1.82) is 5.26 Å². The Balaban J connectivity index is 2.95. The lowest BCUT2D eigenvalue weighted by Crippen LogP contribution is -2.23. The fourth-order valence-electron chi connectivity index (χ4n) is 1.72. The highest BCUT2D eigenvalue weighted by Crippen LogP contribution is 2.22. The van der Waals surface area contributed by atoms with Gasteiger partial charge in [-0.2, -0.15) is 5.26 Å². The molecule has 0 saturated carbocycles. The number of benzene rings is 1. The van der Waals surface area contributed by atoms with Crippen LogP contribution in [0.4, 0.5) is 11.4 Å². The topological polar surface area (TPSA) is 70.1 Å². The summed E-state index contributed by atoms with van der Waals surface area (Å²) < 4.78 is 0. The van der Waals surface area contributed by atoms with Gasteiger partial charge in [-0.25, -0.2) is 0 Å². The van der Waals surface area contributed by atoms with Crippen LogP contribution in [0.3, 0.4) is 0 Å². The fraction of sp³-hybridized carbons (Fsp3) is 0.385. The smallest absolute Gasteiger partial charge is 0.161 e.